The first-order chi connectivity index (χ1) is 11.1. The molecule has 3 heteroatoms. The first kappa shape index (κ1) is 15.8. The average Bonchev–Trinajstić information content (AvgIpc) is 2.97. The van der Waals surface area contributed by atoms with Gasteiger partial charge in [0.1, 0.15) is 0 Å². The van der Waals surface area contributed by atoms with Crippen molar-refractivity contribution in [3.05, 3.63) is 71.3 Å². The number of aryl methyl sites for hydroxylation is 1. The molecule has 2 aromatic carbocycles. The molecular weight excluding hydrogens is 284 g/mol. The molecule has 0 radical (unpaired) electrons. The highest BCUT2D eigenvalue weighted by molar-refractivity contribution is 5.80. The number of carbonyl (C=O) groups is 1. The van der Waals surface area contributed by atoms with Crippen molar-refractivity contribution in [2.24, 2.45) is 5.92 Å². The zero-order chi connectivity index (χ0) is 16.2. The third kappa shape index (κ3) is 3.80. The summed E-state index contributed by atoms with van der Waals surface area (Å²) in [5, 5.41) is 3.12. The maximum Gasteiger partial charge on any atom is 0.225 e. The molecule has 2 aromatic rings. The number of likely N-dealkylation sites (N-methyl/N-ethyl adjacent to an activating group) is 1. The van der Waals surface area contributed by atoms with Crippen molar-refractivity contribution in [3.63, 3.8) is 0 Å². The van der Waals surface area contributed by atoms with Gasteiger partial charge in [0, 0.05) is 25.6 Å². The molecule has 1 amide bonds. The molecule has 0 saturated carbocycles. The van der Waals surface area contributed by atoms with E-state index in [1.54, 1.807) is 0 Å². The highest BCUT2D eigenvalue weighted by atomic mass is 16.1. The van der Waals surface area contributed by atoms with Crippen molar-refractivity contribution in [3.8, 4) is 0 Å². The van der Waals surface area contributed by atoms with Crippen LogP contribution in [0.15, 0.2) is 54.6 Å². The molecule has 1 aliphatic heterocycles. The largest absolute Gasteiger partial charge is 0.352 e. The van der Waals surface area contributed by atoms with E-state index in [1.165, 1.54) is 11.1 Å². The van der Waals surface area contributed by atoms with E-state index in [9.17, 15) is 4.79 Å². The predicted molar refractivity (Wildman–Crippen MR) is 93.2 cm³/mol. The number of carbonyl (C=O) groups excluding carboxylic acids is 1. The Morgan fingerprint density at radius 3 is 2.48 bits per heavy atom. The minimum absolute atomic E-state index is 0.0212. The second-order valence-corrected chi connectivity index (χ2v) is 6.55. The van der Waals surface area contributed by atoms with Crippen LogP contribution in [0.4, 0.5) is 0 Å². The molecule has 0 aliphatic carbocycles. The lowest BCUT2D eigenvalue weighted by atomic mass is 9.88. The Hall–Kier alpha value is -2.13. The van der Waals surface area contributed by atoms with Crippen molar-refractivity contribution in [2.75, 3.05) is 20.1 Å². The zero-order valence-electron chi connectivity index (χ0n) is 13.8. The topological polar surface area (TPSA) is 32.3 Å². The van der Waals surface area contributed by atoms with Gasteiger partial charge in [0.25, 0.3) is 0 Å². The molecule has 2 atom stereocenters. The smallest absolute Gasteiger partial charge is 0.225 e. The van der Waals surface area contributed by atoms with Crippen molar-refractivity contribution in [2.45, 2.75) is 19.4 Å². The molecule has 1 saturated heterocycles. The van der Waals surface area contributed by atoms with Crippen LogP contribution in [0.25, 0.3) is 0 Å². The summed E-state index contributed by atoms with van der Waals surface area (Å²) in [4.78, 5) is 14.9. The van der Waals surface area contributed by atoms with Crippen LogP contribution >= 0.6 is 0 Å². The van der Waals surface area contributed by atoms with E-state index in [2.05, 4.69) is 72.7 Å². The quantitative estimate of drug-likeness (QED) is 0.942. The van der Waals surface area contributed by atoms with E-state index in [0.717, 1.165) is 18.7 Å². The van der Waals surface area contributed by atoms with Crippen LogP contribution in [0.1, 0.15) is 22.6 Å². The Morgan fingerprint density at radius 1 is 1.09 bits per heavy atom. The molecule has 1 heterocycles. The highest BCUT2D eigenvalue weighted by Crippen LogP contribution is 2.32. The summed E-state index contributed by atoms with van der Waals surface area (Å²) in [6.45, 7) is 4.42. The number of amides is 1. The number of benzene rings is 2. The van der Waals surface area contributed by atoms with Gasteiger partial charge in [0.05, 0.1) is 5.92 Å². The van der Waals surface area contributed by atoms with E-state index in [1.807, 2.05) is 6.07 Å². The van der Waals surface area contributed by atoms with Gasteiger partial charge in [-0.25, -0.2) is 0 Å². The lowest BCUT2D eigenvalue weighted by Gasteiger charge is -2.18. The number of hydrogen-bond acceptors (Lipinski definition) is 2. The van der Waals surface area contributed by atoms with E-state index < -0.39 is 0 Å². The second kappa shape index (κ2) is 6.97. The number of rotatable bonds is 4. The molecule has 0 bridgehead atoms. The zero-order valence-corrected chi connectivity index (χ0v) is 13.8. The first-order valence-corrected chi connectivity index (χ1v) is 8.20. The predicted octanol–water partition coefficient (Wildman–Crippen LogP) is 2.96. The fraction of sp³-hybridized carbons (Fsp3) is 0.350. The van der Waals surface area contributed by atoms with Crippen LogP contribution in [-0.4, -0.2) is 30.9 Å². The third-order valence-electron chi connectivity index (χ3n) is 4.65. The SMILES string of the molecule is Cc1ccc(CNC(=O)[C@@H]2CN(C)C[C@H]2c2ccccc2)cc1. The minimum Gasteiger partial charge on any atom is -0.352 e. The lowest BCUT2D eigenvalue weighted by molar-refractivity contribution is -0.125. The molecular formula is C20H24N2O. The maximum absolute atomic E-state index is 12.7. The van der Waals surface area contributed by atoms with Crippen LogP contribution < -0.4 is 5.32 Å². The lowest BCUT2D eigenvalue weighted by Crippen LogP contribution is -2.34. The summed E-state index contributed by atoms with van der Waals surface area (Å²) in [6, 6.07) is 18.7. The highest BCUT2D eigenvalue weighted by Gasteiger charge is 2.36. The number of likely N-dealkylation sites (tertiary alicyclic amines) is 1. The Bertz CT molecular complexity index is 651. The average molecular weight is 308 g/mol. The number of hydrogen-bond donors (Lipinski definition) is 1. The van der Waals surface area contributed by atoms with Gasteiger partial charge in [-0.05, 0) is 25.1 Å². The van der Waals surface area contributed by atoms with Gasteiger partial charge in [-0.15, -0.1) is 0 Å². The molecule has 0 spiro atoms. The van der Waals surface area contributed by atoms with Crippen molar-refractivity contribution in [1.82, 2.24) is 10.2 Å². The van der Waals surface area contributed by atoms with E-state index in [4.69, 9.17) is 0 Å². The minimum atomic E-state index is 0.0212. The first-order valence-electron chi connectivity index (χ1n) is 8.20. The number of nitrogens with one attached hydrogen (secondary N) is 1. The van der Waals surface area contributed by atoms with Crippen molar-refractivity contribution in [1.29, 1.82) is 0 Å². The van der Waals surface area contributed by atoms with Gasteiger partial charge < -0.3 is 10.2 Å². The third-order valence-corrected chi connectivity index (χ3v) is 4.65. The molecule has 1 fully saturated rings. The summed E-state index contributed by atoms with van der Waals surface area (Å²) < 4.78 is 0. The van der Waals surface area contributed by atoms with Crippen LogP contribution in [0.2, 0.25) is 0 Å². The van der Waals surface area contributed by atoms with Gasteiger partial charge in [-0.2, -0.15) is 0 Å². The second-order valence-electron chi connectivity index (χ2n) is 6.55. The fourth-order valence-electron chi connectivity index (χ4n) is 3.33. The molecule has 1 aliphatic rings. The van der Waals surface area contributed by atoms with Crippen LogP contribution in [0, 0.1) is 12.8 Å². The molecule has 1 N–H and O–H groups in total. The van der Waals surface area contributed by atoms with Gasteiger partial charge in [0.2, 0.25) is 5.91 Å². The van der Waals surface area contributed by atoms with Crippen LogP contribution in [-0.2, 0) is 11.3 Å². The Labute approximate surface area is 138 Å². The van der Waals surface area contributed by atoms with Gasteiger partial charge in [-0.1, -0.05) is 60.2 Å². The standard InChI is InChI=1S/C20H24N2O/c1-15-8-10-16(11-9-15)12-21-20(23)19-14-22(2)13-18(19)17-6-4-3-5-7-17/h3-11,18-19H,12-14H2,1-2H3,(H,21,23)/t18-,19+/m0/s1. The summed E-state index contributed by atoms with van der Waals surface area (Å²) >= 11 is 0. The van der Waals surface area contributed by atoms with Crippen molar-refractivity contribution < 1.29 is 4.79 Å². The van der Waals surface area contributed by atoms with Crippen LogP contribution in [0.3, 0.4) is 0 Å². The Morgan fingerprint density at radius 2 is 1.78 bits per heavy atom. The summed E-state index contributed by atoms with van der Waals surface area (Å²) in [7, 11) is 2.09. The summed E-state index contributed by atoms with van der Waals surface area (Å²) in [5.41, 5.74) is 3.64. The summed E-state index contributed by atoms with van der Waals surface area (Å²) in [5.74, 6) is 0.454. The molecule has 23 heavy (non-hydrogen) atoms. The van der Waals surface area contributed by atoms with Gasteiger partial charge >= 0.3 is 0 Å². The molecule has 3 nitrogen and oxygen atoms in total. The maximum atomic E-state index is 12.7. The van der Waals surface area contributed by atoms with Gasteiger partial charge in [-0.3, -0.25) is 4.79 Å². The normalized spacial score (nSPS) is 21.3. The Kier molecular flexibility index (Phi) is 4.77. The molecule has 3 rings (SSSR count). The van der Waals surface area contributed by atoms with Gasteiger partial charge in [0.15, 0.2) is 0 Å². The molecule has 120 valence electrons. The monoisotopic (exact) mass is 308 g/mol. The van der Waals surface area contributed by atoms with Crippen molar-refractivity contribution >= 4 is 5.91 Å². The fourth-order valence-corrected chi connectivity index (χ4v) is 3.33. The van der Waals surface area contributed by atoms with Crippen LogP contribution in [0.5, 0.6) is 0 Å². The van der Waals surface area contributed by atoms with E-state index >= 15 is 0 Å². The molecule has 0 aromatic heterocycles. The number of nitrogens with zero attached hydrogens (tertiary/aromatic N) is 1. The van der Waals surface area contributed by atoms with E-state index in [-0.39, 0.29) is 17.7 Å². The molecule has 0 unspecified atom stereocenters. The summed E-state index contributed by atoms with van der Waals surface area (Å²) in [6.07, 6.45) is 0. The van der Waals surface area contributed by atoms with E-state index in [0.29, 0.717) is 6.54 Å². The Balaban J connectivity index is 1.66.